The van der Waals surface area contributed by atoms with Crippen LogP contribution in [0.2, 0.25) is 0 Å². The van der Waals surface area contributed by atoms with Crippen LogP contribution in [-0.2, 0) is 0 Å². The highest BCUT2D eigenvalue weighted by molar-refractivity contribution is 5.95. The molecule has 0 bridgehead atoms. The number of para-hydroxylation sites is 1. The Balaban J connectivity index is 1.82. The van der Waals surface area contributed by atoms with Crippen molar-refractivity contribution in [3.05, 3.63) is 54.6 Å². The maximum atomic E-state index is 11.7. The van der Waals surface area contributed by atoms with E-state index >= 15 is 0 Å². The van der Waals surface area contributed by atoms with Crippen LogP contribution in [0.3, 0.4) is 0 Å². The molecule has 0 aliphatic rings. The smallest absolute Gasteiger partial charge is 0.169 e. The Bertz CT molecular complexity index is 471. The van der Waals surface area contributed by atoms with E-state index in [9.17, 15) is 4.79 Å². The van der Waals surface area contributed by atoms with Crippen molar-refractivity contribution in [3.8, 4) is 5.75 Å². The van der Waals surface area contributed by atoms with E-state index in [4.69, 9.17) is 4.74 Å². The molecule has 2 rings (SSSR count). The largest absolute Gasteiger partial charge is 0.493 e. The molecule has 0 spiro atoms. The second-order valence-electron chi connectivity index (χ2n) is 3.46. The van der Waals surface area contributed by atoms with E-state index in [0.29, 0.717) is 18.6 Å². The molecular formula is C13H12N2O2. The summed E-state index contributed by atoms with van der Waals surface area (Å²) in [6.07, 6.45) is 4.75. The quantitative estimate of drug-likeness (QED) is 0.735. The summed E-state index contributed by atoms with van der Waals surface area (Å²) in [6.45, 7) is 0.359. The predicted molar refractivity (Wildman–Crippen MR) is 62.9 cm³/mol. The Morgan fingerprint density at radius 3 is 2.53 bits per heavy atom. The number of rotatable bonds is 5. The molecule has 4 nitrogen and oxygen atoms in total. The third kappa shape index (κ3) is 3.38. The summed E-state index contributed by atoms with van der Waals surface area (Å²) < 4.78 is 5.44. The molecule has 0 atom stereocenters. The van der Waals surface area contributed by atoms with Gasteiger partial charge in [-0.3, -0.25) is 4.79 Å². The Kier molecular flexibility index (Phi) is 3.81. The number of carbonyl (C=O) groups excluding carboxylic acids is 1. The number of ether oxygens (including phenoxy) is 1. The van der Waals surface area contributed by atoms with E-state index in [0.717, 1.165) is 5.75 Å². The molecule has 0 saturated heterocycles. The van der Waals surface area contributed by atoms with Gasteiger partial charge in [-0.15, -0.1) is 0 Å². The van der Waals surface area contributed by atoms with E-state index in [-0.39, 0.29) is 5.78 Å². The lowest BCUT2D eigenvalue weighted by Gasteiger charge is -2.04. The van der Waals surface area contributed by atoms with E-state index in [1.54, 1.807) is 0 Å². The first kappa shape index (κ1) is 11.3. The SMILES string of the molecule is O=C(CCOc1ccccc1)c1cncnc1. The van der Waals surface area contributed by atoms with Gasteiger partial charge in [0.15, 0.2) is 5.78 Å². The number of Topliss-reactive ketones (excluding diaryl/α,β-unsaturated/α-hetero) is 1. The van der Waals surface area contributed by atoms with Crippen molar-refractivity contribution in [1.29, 1.82) is 0 Å². The van der Waals surface area contributed by atoms with Gasteiger partial charge in [0, 0.05) is 18.8 Å². The fraction of sp³-hybridized carbons (Fsp3) is 0.154. The number of hydrogen-bond acceptors (Lipinski definition) is 4. The zero-order valence-corrected chi connectivity index (χ0v) is 9.24. The molecule has 0 unspecified atom stereocenters. The van der Waals surface area contributed by atoms with E-state index in [1.165, 1.54) is 18.7 Å². The van der Waals surface area contributed by atoms with Gasteiger partial charge in [0.1, 0.15) is 12.1 Å². The lowest BCUT2D eigenvalue weighted by atomic mass is 10.2. The average molecular weight is 228 g/mol. The van der Waals surface area contributed by atoms with Gasteiger partial charge < -0.3 is 4.74 Å². The van der Waals surface area contributed by atoms with Crippen LogP contribution >= 0.6 is 0 Å². The monoisotopic (exact) mass is 228 g/mol. The summed E-state index contributed by atoms with van der Waals surface area (Å²) in [7, 11) is 0. The number of nitrogens with zero attached hydrogens (tertiary/aromatic N) is 2. The molecule has 1 aromatic carbocycles. The van der Waals surface area contributed by atoms with Gasteiger partial charge in [-0.05, 0) is 12.1 Å². The van der Waals surface area contributed by atoms with Crippen molar-refractivity contribution in [2.24, 2.45) is 0 Å². The summed E-state index contributed by atoms with van der Waals surface area (Å²) >= 11 is 0. The topological polar surface area (TPSA) is 52.1 Å². The minimum Gasteiger partial charge on any atom is -0.493 e. The van der Waals surface area contributed by atoms with Crippen LogP contribution in [0, 0.1) is 0 Å². The normalized spacial score (nSPS) is 9.88. The lowest BCUT2D eigenvalue weighted by Crippen LogP contribution is -2.07. The Morgan fingerprint density at radius 1 is 1.12 bits per heavy atom. The fourth-order valence-corrected chi connectivity index (χ4v) is 1.37. The van der Waals surface area contributed by atoms with Crippen molar-refractivity contribution in [3.63, 3.8) is 0 Å². The maximum absolute atomic E-state index is 11.7. The van der Waals surface area contributed by atoms with E-state index in [2.05, 4.69) is 9.97 Å². The van der Waals surface area contributed by atoms with Crippen molar-refractivity contribution in [2.75, 3.05) is 6.61 Å². The van der Waals surface area contributed by atoms with Crippen LogP contribution in [0.4, 0.5) is 0 Å². The molecule has 0 aliphatic carbocycles. The van der Waals surface area contributed by atoms with Gasteiger partial charge >= 0.3 is 0 Å². The van der Waals surface area contributed by atoms with Crippen LogP contribution in [0.25, 0.3) is 0 Å². The van der Waals surface area contributed by atoms with Gasteiger partial charge in [0.05, 0.1) is 12.2 Å². The first-order valence-corrected chi connectivity index (χ1v) is 5.32. The molecule has 17 heavy (non-hydrogen) atoms. The van der Waals surface area contributed by atoms with E-state index in [1.807, 2.05) is 30.3 Å². The standard InChI is InChI=1S/C13H12N2O2/c16-13(11-8-14-10-15-9-11)6-7-17-12-4-2-1-3-5-12/h1-5,8-10H,6-7H2. The van der Waals surface area contributed by atoms with Crippen molar-refractivity contribution < 1.29 is 9.53 Å². The minimum absolute atomic E-state index is 0.0125. The lowest BCUT2D eigenvalue weighted by molar-refractivity contribution is 0.0961. The van der Waals surface area contributed by atoms with Crippen molar-refractivity contribution in [2.45, 2.75) is 6.42 Å². The van der Waals surface area contributed by atoms with Gasteiger partial charge in [-0.1, -0.05) is 18.2 Å². The number of carbonyl (C=O) groups is 1. The third-order valence-electron chi connectivity index (χ3n) is 2.22. The minimum atomic E-state index is -0.0125. The molecule has 86 valence electrons. The Labute approximate surface area is 99.3 Å². The highest BCUT2D eigenvalue weighted by Crippen LogP contribution is 2.09. The van der Waals surface area contributed by atoms with Crippen molar-refractivity contribution in [1.82, 2.24) is 9.97 Å². The van der Waals surface area contributed by atoms with Crippen LogP contribution in [0.1, 0.15) is 16.8 Å². The first-order chi connectivity index (χ1) is 8.36. The summed E-state index contributed by atoms with van der Waals surface area (Å²) in [5, 5.41) is 0. The summed E-state index contributed by atoms with van der Waals surface area (Å²) in [5.41, 5.74) is 0.518. The van der Waals surface area contributed by atoms with Crippen LogP contribution in [0.15, 0.2) is 49.1 Å². The van der Waals surface area contributed by atoms with Gasteiger partial charge in [0.25, 0.3) is 0 Å². The van der Waals surface area contributed by atoms with Crippen LogP contribution < -0.4 is 4.74 Å². The van der Waals surface area contributed by atoms with Gasteiger partial charge in [0.2, 0.25) is 0 Å². The second kappa shape index (κ2) is 5.75. The van der Waals surface area contributed by atoms with Crippen LogP contribution in [0.5, 0.6) is 5.75 Å². The highest BCUT2D eigenvalue weighted by atomic mass is 16.5. The summed E-state index contributed by atoms with van der Waals surface area (Å²) in [4.78, 5) is 19.3. The average Bonchev–Trinajstić information content (AvgIpc) is 2.41. The zero-order valence-electron chi connectivity index (χ0n) is 9.24. The molecule has 0 aliphatic heterocycles. The highest BCUT2D eigenvalue weighted by Gasteiger charge is 2.05. The Hall–Kier alpha value is -2.23. The molecule has 0 amide bonds. The molecule has 1 aromatic heterocycles. The first-order valence-electron chi connectivity index (χ1n) is 5.32. The predicted octanol–water partition coefficient (Wildman–Crippen LogP) is 2.13. The van der Waals surface area contributed by atoms with E-state index < -0.39 is 0 Å². The molecule has 4 heteroatoms. The van der Waals surface area contributed by atoms with Gasteiger partial charge in [-0.2, -0.15) is 0 Å². The molecule has 0 fully saturated rings. The molecule has 0 radical (unpaired) electrons. The molecule has 1 heterocycles. The number of ketones is 1. The molecule has 2 aromatic rings. The Morgan fingerprint density at radius 2 is 1.82 bits per heavy atom. The number of hydrogen-bond donors (Lipinski definition) is 0. The van der Waals surface area contributed by atoms with Gasteiger partial charge in [-0.25, -0.2) is 9.97 Å². The van der Waals surface area contributed by atoms with Crippen LogP contribution in [-0.4, -0.2) is 22.4 Å². The zero-order chi connectivity index (χ0) is 11.9. The summed E-state index contributed by atoms with van der Waals surface area (Å²) in [6, 6.07) is 9.41. The maximum Gasteiger partial charge on any atom is 0.169 e. The number of benzene rings is 1. The molecule has 0 saturated carbocycles. The number of aromatic nitrogens is 2. The third-order valence-corrected chi connectivity index (χ3v) is 2.22. The summed E-state index contributed by atoms with van der Waals surface area (Å²) in [5.74, 6) is 0.756. The fourth-order valence-electron chi connectivity index (χ4n) is 1.37. The van der Waals surface area contributed by atoms with Crippen molar-refractivity contribution >= 4 is 5.78 Å². The molecule has 0 N–H and O–H groups in total. The molecular weight excluding hydrogens is 216 g/mol. The second-order valence-corrected chi connectivity index (χ2v) is 3.46.